The van der Waals surface area contributed by atoms with Gasteiger partial charge in [-0.3, -0.25) is 24.0 Å². The molecule has 0 radical (unpaired) electrons. The first-order chi connectivity index (χ1) is 13.8. The Morgan fingerprint density at radius 1 is 0.933 bits per heavy atom. The molecule has 4 amide bonds. The zero-order valence-electron chi connectivity index (χ0n) is 16.8. The Kier molecular flexibility index (Phi) is 11.7. The molecule has 0 heterocycles. The van der Waals surface area contributed by atoms with Crippen LogP contribution in [0.2, 0.25) is 0 Å². The Morgan fingerprint density at radius 2 is 1.53 bits per heavy atom. The normalized spacial score (nSPS) is 13.6. The maximum atomic E-state index is 12.3. The largest absolute Gasteiger partial charge is 0.481 e. The molecule has 0 bridgehead atoms. The van der Waals surface area contributed by atoms with E-state index < -0.39 is 79.5 Å². The van der Waals surface area contributed by atoms with Crippen molar-refractivity contribution in [1.82, 2.24) is 16.0 Å². The topological polar surface area (TPSA) is 231 Å². The summed E-state index contributed by atoms with van der Waals surface area (Å²) in [5.74, 6) is -5.98. The lowest BCUT2D eigenvalue weighted by molar-refractivity contribution is -0.143. The minimum Gasteiger partial charge on any atom is -0.481 e. The van der Waals surface area contributed by atoms with Crippen molar-refractivity contribution in [2.75, 3.05) is 6.54 Å². The van der Waals surface area contributed by atoms with E-state index in [1.54, 1.807) is 0 Å². The van der Waals surface area contributed by atoms with Gasteiger partial charge in [-0.15, -0.1) is 0 Å². The fraction of sp³-hybridized carbons (Fsp3) is 0.647. The lowest BCUT2D eigenvalue weighted by Gasteiger charge is -2.21. The standard InChI is InChI=1S/C17H29N5O8/c1-8(2)5-9(18)15(27)20-7-13(24)21-11(6-12(19)23)16(28)22-10(17(29)30)3-4-14(25)26/h8-11H,3-7,18H2,1-2H3,(H2,19,23)(H,20,27)(H,21,24)(H,22,28)(H,25,26)(H,29,30). The van der Waals surface area contributed by atoms with Crippen LogP contribution < -0.4 is 27.4 Å². The fourth-order valence-corrected chi connectivity index (χ4v) is 2.37. The molecule has 0 aliphatic rings. The van der Waals surface area contributed by atoms with Crippen LogP contribution in [0.1, 0.15) is 39.5 Å². The average molecular weight is 431 g/mol. The predicted octanol–water partition coefficient (Wildman–Crippen LogP) is -2.73. The van der Waals surface area contributed by atoms with E-state index in [0.717, 1.165) is 0 Å². The molecule has 0 saturated heterocycles. The van der Waals surface area contributed by atoms with Crippen LogP contribution in [0.4, 0.5) is 0 Å². The molecule has 3 unspecified atom stereocenters. The molecular weight excluding hydrogens is 402 g/mol. The molecule has 13 heteroatoms. The van der Waals surface area contributed by atoms with Crippen LogP contribution in [0.25, 0.3) is 0 Å². The van der Waals surface area contributed by atoms with E-state index in [2.05, 4.69) is 16.0 Å². The number of nitrogens with one attached hydrogen (secondary N) is 3. The molecule has 0 aliphatic carbocycles. The van der Waals surface area contributed by atoms with Crippen molar-refractivity contribution >= 4 is 35.6 Å². The van der Waals surface area contributed by atoms with Gasteiger partial charge in [0.25, 0.3) is 0 Å². The summed E-state index contributed by atoms with van der Waals surface area (Å²) in [6.45, 7) is 3.20. The van der Waals surface area contributed by atoms with Crippen LogP contribution in [0.5, 0.6) is 0 Å². The summed E-state index contributed by atoms with van der Waals surface area (Å²) >= 11 is 0. The van der Waals surface area contributed by atoms with E-state index in [4.69, 9.17) is 21.7 Å². The second-order valence-corrected chi connectivity index (χ2v) is 7.08. The molecule has 170 valence electrons. The molecule has 13 nitrogen and oxygen atoms in total. The number of rotatable bonds is 14. The molecule has 0 aromatic rings. The zero-order valence-corrected chi connectivity index (χ0v) is 16.8. The van der Waals surface area contributed by atoms with E-state index in [1.807, 2.05) is 13.8 Å². The molecule has 0 aliphatic heterocycles. The highest BCUT2D eigenvalue weighted by atomic mass is 16.4. The number of nitrogens with two attached hydrogens (primary N) is 2. The van der Waals surface area contributed by atoms with E-state index in [0.29, 0.717) is 6.42 Å². The Bertz CT molecular complexity index is 667. The van der Waals surface area contributed by atoms with Crippen molar-refractivity contribution in [3.63, 3.8) is 0 Å². The average Bonchev–Trinajstić information content (AvgIpc) is 2.60. The van der Waals surface area contributed by atoms with Gasteiger partial charge in [0.05, 0.1) is 19.0 Å². The van der Waals surface area contributed by atoms with E-state index in [1.165, 1.54) is 0 Å². The first-order valence-electron chi connectivity index (χ1n) is 9.19. The SMILES string of the molecule is CC(C)CC(N)C(=O)NCC(=O)NC(CC(N)=O)C(=O)NC(CCC(=O)O)C(=O)O. The number of primary amides is 1. The van der Waals surface area contributed by atoms with Crippen LogP contribution in [-0.4, -0.2) is 70.5 Å². The number of amides is 4. The van der Waals surface area contributed by atoms with E-state index >= 15 is 0 Å². The van der Waals surface area contributed by atoms with Crippen molar-refractivity contribution in [3.05, 3.63) is 0 Å². The second-order valence-electron chi connectivity index (χ2n) is 7.08. The Labute approximate surface area is 172 Å². The predicted molar refractivity (Wildman–Crippen MR) is 103 cm³/mol. The molecule has 0 aromatic heterocycles. The van der Waals surface area contributed by atoms with Gasteiger partial charge in [0.15, 0.2) is 0 Å². The van der Waals surface area contributed by atoms with Crippen LogP contribution in [0, 0.1) is 5.92 Å². The van der Waals surface area contributed by atoms with Gasteiger partial charge in [-0.25, -0.2) is 4.79 Å². The van der Waals surface area contributed by atoms with Crippen LogP contribution in [0.15, 0.2) is 0 Å². The summed E-state index contributed by atoms with van der Waals surface area (Å²) in [7, 11) is 0. The van der Waals surface area contributed by atoms with E-state index in [9.17, 15) is 28.8 Å². The van der Waals surface area contributed by atoms with Crippen molar-refractivity contribution in [2.45, 2.75) is 57.7 Å². The Morgan fingerprint density at radius 3 is 2.00 bits per heavy atom. The molecule has 30 heavy (non-hydrogen) atoms. The van der Waals surface area contributed by atoms with Gasteiger partial charge >= 0.3 is 11.9 Å². The summed E-state index contributed by atoms with van der Waals surface area (Å²) in [5.41, 5.74) is 10.7. The summed E-state index contributed by atoms with van der Waals surface area (Å²) < 4.78 is 0. The quantitative estimate of drug-likeness (QED) is 0.151. The van der Waals surface area contributed by atoms with Crippen LogP contribution >= 0.6 is 0 Å². The number of carbonyl (C=O) groups excluding carboxylic acids is 4. The van der Waals surface area contributed by atoms with Crippen LogP contribution in [-0.2, 0) is 28.8 Å². The van der Waals surface area contributed by atoms with Crippen molar-refractivity contribution in [1.29, 1.82) is 0 Å². The molecule has 0 spiro atoms. The van der Waals surface area contributed by atoms with Gasteiger partial charge < -0.3 is 37.6 Å². The van der Waals surface area contributed by atoms with Gasteiger partial charge in [-0.2, -0.15) is 0 Å². The lowest BCUT2D eigenvalue weighted by Crippen LogP contribution is -2.54. The molecule has 0 fully saturated rings. The third-order valence-electron chi connectivity index (χ3n) is 3.80. The highest BCUT2D eigenvalue weighted by Gasteiger charge is 2.28. The molecule has 0 saturated carbocycles. The number of carboxylic acid groups (broad SMARTS) is 2. The van der Waals surface area contributed by atoms with Crippen LogP contribution in [0.3, 0.4) is 0 Å². The first kappa shape index (κ1) is 26.8. The fourth-order valence-electron chi connectivity index (χ4n) is 2.37. The molecule has 3 atom stereocenters. The number of hydrogen-bond acceptors (Lipinski definition) is 7. The number of carboxylic acids is 2. The second kappa shape index (κ2) is 13.1. The number of hydrogen-bond donors (Lipinski definition) is 7. The van der Waals surface area contributed by atoms with Gasteiger partial charge in [-0.1, -0.05) is 13.8 Å². The maximum absolute atomic E-state index is 12.3. The molecular formula is C17H29N5O8. The van der Waals surface area contributed by atoms with E-state index in [-0.39, 0.29) is 5.92 Å². The highest BCUT2D eigenvalue weighted by Crippen LogP contribution is 2.03. The minimum atomic E-state index is -1.55. The third kappa shape index (κ3) is 11.6. The molecule has 9 N–H and O–H groups in total. The third-order valence-corrected chi connectivity index (χ3v) is 3.80. The van der Waals surface area contributed by atoms with Crippen molar-refractivity contribution < 1.29 is 39.0 Å². The molecule has 0 aromatic carbocycles. The number of carbonyl (C=O) groups is 6. The van der Waals surface area contributed by atoms with Crippen molar-refractivity contribution in [3.8, 4) is 0 Å². The monoisotopic (exact) mass is 431 g/mol. The summed E-state index contributed by atoms with van der Waals surface area (Å²) in [6, 6.07) is -3.88. The first-order valence-corrected chi connectivity index (χ1v) is 9.19. The zero-order chi connectivity index (χ0) is 23.4. The van der Waals surface area contributed by atoms with Gasteiger partial charge in [-0.05, 0) is 18.8 Å². The number of aliphatic carboxylic acids is 2. The van der Waals surface area contributed by atoms with Gasteiger partial charge in [0, 0.05) is 6.42 Å². The van der Waals surface area contributed by atoms with Gasteiger partial charge in [0.1, 0.15) is 12.1 Å². The van der Waals surface area contributed by atoms with Gasteiger partial charge in [0.2, 0.25) is 23.6 Å². The summed E-state index contributed by atoms with van der Waals surface area (Å²) in [5, 5.41) is 24.3. The summed E-state index contributed by atoms with van der Waals surface area (Å²) in [6.07, 6.45) is -1.17. The highest BCUT2D eigenvalue weighted by molar-refractivity contribution is 5.95. The smallest absolute Gasteiger partial charge is 0.326 e. The maximum Gasteiger partial charge on any atom is 0.326 e. The Balaban J connectivity index is 4.93. The molecule has 0 rings (SSSR count). The Hall–Kier alpha value is -3.22. The lowest BCUT2D eigenvalue weighted by atomic mass is 10.0. The van der Waals surface area contributed by atoms with Crippen molar-refractivity contribution in [2.24, 2.45) is 17.4 Å². The minimum absolute atomic E-state index is 0.159. The summed E-state index contributed by atoms with van der Waals surface area (Å²) in [4.78, 5) is 69.2.